The van der Waals surface area contributed by atoms with E-state index < -0.39 is 11.6 Å². The fourth-order valence-corrected chi connectivity index (χ4v) is 2.31. The Bertz CT molecular complexity index is 369. The van der Waals surface area contributed by atoms with Crippen molar-refractivity contribution in [2.75, 3.05) is 0 Å². The maximum absolute atomic E-state index is 13.8. The van der Waals surface area contributed by atoms with Gasteiger partial charge in [0.1, 0.15) is 11.6 Å². The molecule has 0 amide bonds. The first kappa shape index (κ1) is 15.1. The molecule has 0 saturated carbocycles. The highest BCUT2D eigenvalue weighted by Crippen LogP contribution is 2.30. The molecule has 3 N–H and O–H groups in total. The number of hydrazine groups is 1. The van der Waals surface area contributed by atoms with Gasteiger partial charge in [-0.2, -0.15) is 0 Å². The monoisotopic (exact) mass is 256 g/mol. The molecule has 0 aliphatic rings. The molecule has 102 valence electrons. The smallest absolute Gasteiger partial charge is 0.128 e. The molecule has 0 fully saturated rings. The minimum absolute atomic E-state index is 0.214. The minimum Gasteiger partial charge on any atom is -0.271 e. The third kappa shape index (κ3) is 3.75. The minimum atomic E-state index is -0.433. The van der Waals surface area contributed by atoms with Gasteiger partial charge in [0.05, 0.1) is 6.04 Å². The summed E-state index contributed by atoms with van der Waals surface area (Å²) < 4.78 is 27.0. The molecule has 0 heterocycles. The van der Waals surface area contributed by atoms with Crippen LogP contribution in [-0.4, -0.2) is 0 Å². The molecule has 0 radical (unpaired) electrons. The highest BCUT2D eigenvalue weighted by Gasteiger charge is 2.23. The quantitative estimate of drug-likeness (QED) is 0.577. The first-order valence-electron chi connectivity index (χ1n) is 6.55. The molecule has 2 unspecified atom stereocenters. The largest absolute Gasteiger partial charge is 0.271 e. The van der Waals surface area contributed by atoms with Gasteiger partial charge in [0.15, 0.2) is 0 Å². The van der Waals surface area contributed by atoms with Crippen LogP contribution in [0.2, 0.25) is 0 Å². The molecule has 0 spiro atoms. The third-order valence-electron chi connectivity index (χ3n) is 3.40. The van der Waals surface area contributed by atoms with Gasteiger partial charge in [-0.25, -0.2) is 8.78 Å². The lowest BCUT2D eigenvalue weighted by Gasteiger charge is -2.26. The zero-order valence-electron chi connectivity index (χ0n) is 11.0. The van der Waals surface area contributed by atoms with E-state index >= 15 is 0 Å². The standard InChI is InChI=1S/C14H22F2N2/c1-3-5-6-10(4-2)14(18-17)12-9-11(15)7-8-13(12)16/h7-10,14,18H,3-6,17H2,1-2H3. The Morgan fingerprint density at radius 1 is 1.28 bits per heavy atom. The van der Waals surface area contributed by atoms with Crippen molar-refractivity contribution in [1.29, 1.82) is 0 Å². The number of halogens is 2. The van der Waals surface area contributed by atoms with Crippen LogP contribution in [0.15, 0.2) is 18.2 Å². The zero-order chi connectivity index (χ0) is 13.5. The molecule has 0 aromatic heterocycles. The topological polar surface area (TPSA) is 38.0 Å². The van der Waals surface area contributed by atoms with Crippen LogP contribution in [0, 0.1) is 17.6 Å². The summed E-state index contributed by atoms with van der Waals surface area (Å²) in [7, 11) is 0. The summed E-state index contributed by atoms with van der Waals surface area (Å²) >= 11 is 0. The number of hydrogen-bond donors (Lipinski definition) is 2. The van der Waals surface area contributed by atoms with Crippen LogP contribution in [0.25, 0.3) is 0 Å². The number of nitrogens with one attached hydrogen (secondary N) is 1. The van der Waals surface area contributed by atoms with E-state index in [2.05, 4.69) is 12.3 Å². The van der Waals surface area contributed by atoms with Crippen LogP contribution in [0.4, 0.5) is 8.78 Å². The van der Waals surface area contributed by atoms with Gasteiger partial charge >= 0.3 is 0 Å². The Balaban J connectivity index is 2.95. The summed E-state index contributed by atoms with van der Waals surface area (Å²) in [6.45, 7) is 4.15. The van der Waals surface area contributed by atoms with E-state index in [1.807, 2.05) is 6.92 Å². The van der Waals surface area contributed by atoms with Gasteiger partial charge in [0.2, 0.25) is 0 Å². The van der Waals surface area contributed by atoms with E-state index in [9.17, 15) is 8.78 Å². The van der Waals surface area contributed by atoms with Gasteiger partial charge in [0, 0.05) is 5.56 Å². The lowest BCUT2D eigenvalue weighted by molar-refractivity contribution is 0.318. The van der Waals surface area contributed by atoms with E-state index in [0.717, 1.165) is 37.8 Å². The first-order valence-corrected chi connectivity index (χ1v) is 6.55. The molecule has 4 heteroatoms. The first-order chi connectivity index (χ1) is 8.63. The zero-order valence-corrected chi connectivity index (χ0v) is 11.0. The SMILES string of the molecule is CCCCC(CC)C(NN)c1cc(F)ccc1F. The molecule has 1 rings (SSSR count). The van der Waals surface area contributed by atoms with Crippen molar-refractivity contribution in [3.8, 4) is 0 Å². The maximum Gasteiger partial charge on any atom is 0.128 e. The predicted octanol–water partition coefficient (Wildman–Crippen LogP) is 3.69. The van der Waals surface area contributed by atoms with Gasteiger partial charge in [-0.05, 0) is 30.5 Å². The third-order valence-corrected chi connectivity index (χ3v) is 3.40. The number of hydrogen-bond acceptors (Lipinski definition) is 2. The van der Waals surface area contributed by atoms with Crippen molar-refractivity contribution < 1.29 is 8.78 Å². The van der Waals surface area contributed by atoms with E-state index in [-0.39, 0.29) is 12.0 Å². The van der Waals surface area contributed by atoms with Crippen LogP contribution in [-0.2, 0) is 0 Å². The van der Waals surface area contributed by atoms with Crippen LogP contribution in [0.3, 0.4) is 0 Å². The molecule has 1 aromatic carbocycles. The Labute approximate surface area is 108 Å². The molecule has 18 heavy (non-hydrogen) atoms. The summed E-state index contributed by atoms with van der Waals surface area (Å²) in [6.07, 6.45) is 3.98. The number of benzene rings is 1. The highest BCUT2D eigenvalue weighted by atomic mass is 19.1. The summed E-state index contributed by atoms with van der Waals surface area (Å²) in [6, 6.07) is 3.17. The fraction of sp³-hybridized carbons (Fsp3) is 0.571. The maximum atomic E-state index is 13.8. The van der Waals surface area contributed by atoms with Crippen molar-refractivity contribution >= 4 is 0 Å². The average molecular weight is 256 g/mol. The van der Waals surface area contributed by atoms with E-state index in [1.54, 1.807) is 0 Å². The van der Waals surface area contributed by atoms with E-state index in [4.69, 9.17) is 5.84 Å². The Morgan fingerprint density at radius 2 is 2.00 bits per heavy atom. The Kier molecular flexibility index (Phi) is 6.22. The van der Waals surface area contributed by atoms with Crippen LogP contribution >= 0.6 is 0 Å². The Hall–Kier alpha value is -1.00. The second-order valence-corrected chi connectivity index (χ2v) is 4.62. The lowest BCUT2D eigenvalue weighted by atomic mass is 9.87. The van der Waals surface area contributed by atoms with Gasteiger partial charge in [-0.3, -0.25) is 11.3 Å². The number of unbranched alkanes of at least 4 members (excludes halogenated alkanes) is 1. The molecule has 0 bridgehead atoms. The number of nitrogens with two attached hydrogens (primary N) is 1. The van der Waals surface area contributed by atoms with Gasteiger partial charge < -0.3 is 0 Å². The summed E-state index contributed by atoms with van der Waals surface area (Å²) in [5.41, 5.74) is 2.96. The molecular formula is C14H22F2N2. The van der Waals surface area contributed by atoms with Crippen molar-refractivity contribution in [3.63, 3.8) is 0 Å². The lowest BCUT2D eigenvalue weighted by Crippen LogP contribution is -2.34. The molecule has 2 atom stereocenters. The molecule has 2 nitrogen and oxygen atoms in total. The van der Waals surface area contributed by atoms with Gasteiger partial charge in [-0.15, -0.1) is 0 Å². The second kappa shape index (κ2) is 7.44. The van der Waals surface area contributed by atoms with E-state index in [0.29, 0.717) is 5.56 Å². The predicted molar refractivity (Wildman–Crippen MR) is 69.7 cm³/mol. The van der Waals surface area contributed by atoms with Crippen LogP contribution < -0.4 is 11.3 Å². The van der Waals surface area contributed by atoms with Crippen molar-refractivity contribution in [2.24, 2.45) is 11.8 Å². The van der Waals surface area contributed by atoms with Crippen LogP contribution in [0.1, 0.15) is 51.1 Å². The summed E-state index contributed by atoms with van der Waals surface area (Å²) in [5, 5.41) is 0. The average Bonchev–Trinajstić information content (AvgIpc) is 2.38. The summed E-state index contributed by atoms with van der Waals surface area (Å²) in [4.78, 5) is 0. The number of rotatable bonds is 7. The highest BCUT2D eigenvalue weighted by molar-refractivity contribution is 5.23. The fourth-order valence-electron chi connectivity index (χ4n) is 2.31. The Morgan fingerprint density at radius 3 is 2.56 bits per heavy atom. The van der Waals surface area contributed by atoms with Crippen LogP contribution in [0.5, 0.6) is 0 Å². The van der Waals surface area contributed by atoms with Gasteiger partial charge in [-0.1, -0.05) is 33.1 Å². The second-order valence-electron chi connectivity index (χ2n) is 4.62. The molecule has 1 aromatic rings. The van der Waals surface area contributed by atoms with Crippen molar-refractivity contribution in [1.82, 2.24) is 5.43 Å². The van der Waals surface area contributed by atoms with Crippen molar-refractivity contribution in [3.05, 3.63) is 35.4 Å². The van der Waals surface area contributed by atoms with E-state index in [1.165, 1.54) is 6.07 Å². The normalized spacial score (nSPS) is 14.5. The van der Waals surface area contributed by atoms with Crippen molar-refractivity contribution in [2.45, 2.75) is 45.6 Å². The molecular weight excluding hydrogens is 234 g/mol. The van der Waals surface area contributed by atoms with Gasteiger partial charge in [0.25, 0.3) is 0 Å². The molecule has 0 aliphatic carbocycles. The molecule has 0 aliphatic heterocycles. The summed E-state index contributed by atoms with van der Waals surface area (Å²) in [5.74, 6) is 4.91. The molecule has 0 saturated heterocycles.